The molecule has 25 heavy (non-hydrogen) atoms. The van der Waals surface area contributed by atoms with E-state index in [0.29, 0.717) is 13.2 Å². The molecule has 134 valence electrons. The molecule has 0 unspecified atom stereocenters. The summed E-state index contributed by atoms with van der Waals surface area (Å²) < 4.78 is 37.0. The third-order valence-electron chi connectivity index (χ3n) is 3.47. The number of aryl methyl sites for hydroxylation is 1. The van der Waals surface area contributed by atoms with Crippen molar-refractivity contribution in [3.05, 3.63) is 70.6 Å². The van der Waals surface area contributed by atoms with Crippen LogP contribution in [0.5, 0.6) is 5.75 Å². The molecule has 5 nitrogen and oxygen atoms in total. The Morgan fingerprint density at radius 1 is 1.00 bits per heavy atom. The summed E-state index contributed by atoms with van der Waals surface area (Å²) >= 11 is 0. The van der Waals surface area contributed by atoms with E-state index in [1.807, 2.05) is 43.3 Å². The summed E-state index contributed by atoms with van der Waals surface area (Å²) in [7, 11) is -1.88. The number of hydrogen-bond donors (Lipinski definition) is 1. The molecule has 0 spiro atoms. The van der Waals surface area contributed by atoms with Gasteiger partial charge in [-0.3, -0.25) is 0 Å². The highest BCUT2D eigenvalue weighted by atomic mass is 32.2. The van der Waals surface area contributed by atoms with Gasteiger partial charge in [0.15, 0.2) is 0 Å². The molecule has 0 saturated carbocycles. The Bertz CT molecular complexity index is 781. The van der Waals surface area contributed by atoms with Crippen LogP contribution in [0.4, 0.5) is 0 Å². The van der Waals surface area contributed by atoms with E-state index in [1.165, 1.54) is 5.41 Å². The van der Waals surface area contributed by atoms with E-state index in [2.05, 4.69) is 4.72 Å². The predicted octanol–water partition coefficient (Wildman–Crippen LogP) is 3.11. The minimum Gasteiger partial charge on any atom is -0.491 e. The lowest BCUT2D eigenvalue weighted by Crippen LogP contribution is -2.20. The summed E-state index contributed by atoms with van der Waals surface area (Å²) in [5.74, 6) is 0.725. The van der Waals surface area contributed by atoms with Crippen molar-refractivity contribution in [1.29, 1.82) is 0 Å². The van der Waals surface area contributed by atoms with Crippen LogP contribution in [-0.2, 0) is 21.3 Å². The molecule has 0 bridgehead atoms. The van der Waals surface area contributed by atoms with E-state index in [-0.39, 0.29) is 6.54 Å². The van der Waals surface area contributed by atoms with Crippen molar-refractivity contribution in [3.63, 3.8) is 0 Å². The Hall–Kier alpha value is -2.15. The maximum absolute atomic E-state index is 12.0. The first-order valence-electron chi connectivity index (χ1n) is 7.93. The molecule has 0 heterocycles. The Labute approximate surface area is 149 Å². The number of hydrogen-bond acceptors (Lipinski definition) is 4. The van der Waals surface area contributed by atoms with E-state index in [1.54, 1.807) is 25.3 Å². The fourth-order valence-electron chi connectivity index (χ4n) is 2.02. The second kappa shape index (κ2) is 9.36. The zero-order valence-corrected chi connectivity index (χ0v) is 15.3. The number of nitrogens with one attached hydrogen (secondary N) is 1. The largest absolute Gasteiger partial charge is 0.491 e. The summed E-state index contributed by atoms with van der Waals surface area (Å²) in [4.78, 5) is 0. The van der Waals surface area contributed by atoms with E-state index in [4.69, 9.17) is 9.47 Å². The van der Waals surface area contributed by atoms with Gasteiger partial charge < -0.3 is 9.47 Å². The van der Waals surface area contributed by atoms with Crippen molar-refractivity contribution < 1.29 is 17.9 Å². The number of rotatable bonds is 9. The number of sulfonamides is 1. The van der Waals surface area contributed by atoms with Crippen LogP contribution >= 0.6 is 0 Å². The Kier molecular flexibility index (Phi) is 7.18. The highest BCUT2D eigenvalue weighted by molar-refractivity contribution is 7.92. The molecule has 0 fully saturated rings. The van der Waals surface area contributed by atoms with Gasteiger partial charge in [0.05, 0.1) is 6.61 Å². The summed E-state index contributed by atoms with van der Waals surface area (Å²) in [6.07, 6.45) is 1.58. The van der Waals surface area contributed by atoms with Gasteiger partial charge >= 0.3 is 0 Å². The fourth-order valence-corrected chi connectivity index (χ4v) is 2.82. The van der Waals surface area contributed by atoms with Gasteiger partial charge in [-0.25, -0.2) is 13.1 Å². The van der Waals surface area contributed by atoms with Crippen molar-refractivity contribution >= 4 is 16.1 Å². The van der Waals surface area contributed by atoms with Crippen molar-refractivity contribution in [2.45, 2.75) is 13.5 Å². The Balaban J connectivity index is 1.87. The first-order chi connectivity index (χ1) is 12.0. The topological polar surface area (TPSA) is 64.6 Å². The smallest absolute Gasteiger partial charge is 0.234 e. The van der Waals surface area contributed by atoms with Crippen molar-refractivity contribution in [2.75, 3.05) is 20.3 Å². The van der Waals surface area contributed by atoms with Crippen LogP contribution in [-0.4, -0.2) is 28.7 Å². The van der Waals surface area contributed by atoms with Crippen molar-refractivity contribution in [1.82, 2.24) is 4.72 Å². The Morgan fingerprint density at radius 2 is 1.68 bits per heavy atom. The minimum absolute atomic E-state index is 0.221. The van der Waals surface area contributed by atoms with Crippen LogP contribution in [0.15, 0.2) is 53.9 Å². The van der Waals surface area contributed by atoms with Crippen molar-refractivity contribution in [3.8, 4) is 5.75 Å². The van der Waals surface area contributed by atoms with Gasteiger partial charge in [0, 0.05) is 19.1 Å². The third-order valence-corrected chi connectivity index (χ3v) is 4.52. The highest BCUT2D eigenvalue weighted by Crippen LogP contribution is 2.12. The molecule has 1 N–H and O–H groups in total. The van der Waals surface area contributed by atoms with Crippen LogP contribution in [0.1, 0.15) is 16.7 Å². The summed E-state index contributed by atoms with van der Waals surface area (Å²) in [5.41, 5.74) is 2.83. The Morgan fingerprint density at radius 3 is 2.32 bits per heavy atom. The highest BCUT2D eigenvalue weighted by Gasteiger charge is 2.05. The molecule has 0 saturated heterocycles. The van der Waals surface area contributed by atoms with E-state index in [9.17, 15) is 8.42 Å². The molecule has 0 aliphatic rings. The van der Waals surface area contributed by atoms with Gasteiger partial charge in [0.2, 0.25) is 10.0 Å². The molecule has 2 rings (SSSR count). The maximum Gasteiger partial charge on any atom is 0.234 e. The molecule has 0 aliphatic carbocycles. The SMILES string of the molecule is COCCOc1ccc(CNS(=O)(=O)/C=C/c2ccc(C)cc2)cc1. The molecule has 2 aromatic rings. The fraction of sp³-hybridized carbons (Fsp3) is 0.263. The molecule has 0 aliphatic heterocycles. The van der Waals surface area contributed by atoms with Gasteiger partial charge in [-0.15, -0.1) is 0 Å². The zero-order chi connectivity index (χ0) is 18.1. The standard InChI is InChI=1S/C19H23NO4S/c1-16-3-5-17(6-4-16)11-14-25(21,22)20-15-18-7-9-19(10-8-18)24-13-12-23-2/h3-11,14,20H,12-13,15H2,1-2H3/b14-11+. The number of benzene rings is 2. The van der Waals surface area contributed by atoms with Gasteiger partial charge in [-0.05, 0) is 36.3 Å². The molecular weight excluding hydrogens is 338 g/mol. The maximum atomic E-state index is 12.0. The molecule has 0 aromatic heterocycles. The van der Waals surface area contributed by atoms with Gasteiger partial charge in [0.1, 0.15) is 12.4 Å². The second-order valence-corrected chi connectivity index (χ2v) is 7.22. The lowest BCUT2D eigenvalue weighted by atomic mass is 10.2. The van der Waals surface area contributed by atoms with E-state index in [0.717, 1.165) is 22.4 Å². The quantitative estimate of drug-likeness (QED) is 0.697. The van der Waals surface area contributed by atoms with Crippen molar-refractivity contribution in [2.24, 2.45) is 0 Å². The van der Waals surface area contributed by atoms with E-state index >= 15 is 0 Å². The lowest BCUT2D eigenvalue weighted by Gasteiger charge is -2.07. The number of methoxy groups -OCH3 is 1. The zero-order valence-electron chi connectivity index (χ0n) is 14.4. The minimum atomic E-state index is -3.49. The van der Waals surface area contributed by atoms with Crippen LogP contribution in [0.2, 0.25) is 0 Å². The van der Waals surface area contributed by atoms with E-state index < -0.39 is 10.0 Å². The predicted molar refractivity (Wildman–Crippen MR) is 99.8 cm³/mol. The summed E-state index contributed by atoms with van der Waals surface area (Å²) in [5, 5.41) is 1.18. The van der Waals surface area contributed by atoms with Gasteiger partial charge in [0.25, 0.3) is 0 Å². The van der Waals surface area contributed by atoms with Crippen LogP contribution in [0.25, 0.3) is 6.08 Å². The van der Waals surface area contributed by atoms with Gasteiger partial charge in [-0.1, -0.05) is 42.0 Å². The molecule has 0 amide bonds. The molecular formula is C19H23NO4S. The molecule has 0 radical (unpaired) electrons. The molecule has 2 aromatic carbocycles. The van der Waals surface area contributed by atoms with Crippen LogP contribution in [0, 0.1) is 6.92 Å². The third kappa shape index (κ3) is 7.09. The average Bonchev–Trinajstić information content (AvgIpc) is 2.61. The number of ether oxygens (including phenoxy) is 2. The first-order valence-corrected chi connectivity index (χ1v) is 9.48. The summed E-state index contributed by atoms with van der Waals surface area (Å²) in [6, 6.07) is 14.9. The monoisotopic (exact) mass is 361 g/mol. The van der Waals surface area contributed by atoms with Gasteiger partial charge in [-0.2, -0.15) is 0 Å². The molecule has 0 atom stereocenters. The normalized spacial score (nSPS) is 11.8. The summed E-state index contributed by atoms with van der Waals surface area (Å²) in [6.45, 7) is 3.21. The first kappa shape index (κ1) is 19.2. The second-order valence-electron chi connectivity index (χ2n) is 5.56. The van der Waals surface area contributed by atoms with Crippen LogP contribution < -0.4 is 9.46 Å². The molecule has 6 heteroatoms. The lowest BCUT2D eigenvalue weighted by molar-refractivity contribution is 0.146. The average molecular weight is 361 g/mol. The van der Waals surface area contributed by atoms with Crippen LogP contribution in [0.3, 0.4) is 0 Å².